The van der Waals surface area contributed by atoms with Gasteiger partial charge in [0.25, 0.3) is 0 Å². The van der Waals surface area contributed by atoms with Crippen LogP contribution in [-0.2, 0) is 34.2 Å². The molecule has 0 saturated carbocycles. The smallest absolute Gasteiger partial charge is 0.408 e. The van der Waals surface area contributed by atoms with Gasteiger partial charge in [-0.3, -0.25) is 9.59 Å². The molecule has 3 aromatic rings. The standard InChI is InChI=1S/C33H36FN3O5/c1-4-10-29(36-31(38)28(6-3)37-33(40)42-22-24-11-8-7-9-12-24)32(39)35-27-16-13-25(14-17-27)21-41-30-18-15-23(5-2)19-26(30)20-34/h2,7-9,11-19,28-29H,4,6,10,20-22H2,1,3H3,(H,35,39)(H,36,38)(H,37,40)/t28?,29-/m0/s1. The van der Waals surface area contributed by atoms with E-state index < -0.39 is 30.8 Å². The maximum atomic E-state index is 13.4. The maximum absolute atomic E-state index is 13.4. The Kier molecular flexibility index (Phi) is 12.4. The summed E-state index contributed by atoms with van der Waals surface area (Å²) < 4.78 is 24.4. The first-order valence-electron chi connectivity index (χ1n) is 13.8. The third kappa shape index (κ3) is 9.66. The van der Waals surface area contributed by atoms with Crippen molar-refractivity contribution in [2.45, 2.75) is 65.1 Å². The van der Waals surface area contributed by atoms with E-state index in [1.807, 2.05) is 37.3 Å². The van der Waals surface area contributed by atoms with Gasteiger partial charge in [0, 0.05) is 16.8 Å². The van der Waals surface area contributed by atoms with Gasteiger partial charge in [0.15, 0.2) is 0 Å². The number of benzene rings is 3. The molecule has 3 rings (SSSR count). The van der Waals surface area contributed by atoms with Gasteiger partial charge in [-0.25, -0.2) is 9.18 Å². The van der Waals surface area contributed by atoms with Gasteiger partial charge < -0.3 is 25.4 Å². The van der Waals surface area contributed by atoms with Crippen molar-refractivity contribution < 1.29 is 28.2 Å². The number of terminal acetylenes is 1. The van der Waals surface area contributed by atoms with Crippen LogP contribution in [0.5, 0.6) is 5.75 Å². The van der Waals surface area contributed by atoms with E-state index in [1.54, 1.807) is 49.4 Å². The third-order valence-corrected chi connectivity index (χ3v) is 6.43. The number of nitrogens with one attached hydrogen (secondary N) is 3. The van der Waals surface area contributed by atoms with Crippen LogP contribution in [0, 0.1) is 12.3 Å². The van der Waals surface area contributed by atoms with Crippen LogP contribution in [0.1, 0.15) is 55.4 Å². The van der Waals surface area contributed by atoms with Crippen LogP contribution in [0.25, 0.3) is 0 Å². The molecule has 2 atom stereocenters. The summed E-state index contributed by atoms with van der Waals surface area (Å²) in [7, 11) is 0. The van der Waals surface area contributed by atoms with E-state index >= 15 is 0 Å². The fraction of sp³-hybridized carbons (Fsp3) is 0.303. The van der Waals surface area contributed by atoms with Crippen LogP contribution in [0.4, 0.5) is 14.9 Å². The fourth-order valence-corrected chi connectivity index (χ4v) is 4.08. The zero-order chi connectivity index (χ0) is 30.3. The Labute approximate surface area is 246 Å². The molecule has 0 spiro atoms. The lowest BCUT2D eigenvalue weighted by Gasteiger charge is -2.22. The molecular formula is C33H36FN3O5. The van der Waals surface area contributed by atoms with Crippen molar-refractivity contribution in [2.24, 2.45) is 0 Å². The highest BCUT2D eigenvalue weighted by molar-refractivity contribution is 5.98. The van der Waals surface area contributed by atoms with Crippen molar-refractivity contribution in [3.8, 4) is 18.1 Å². The largest absolute Gasteiger partial charge is 0.489 e. The Hall–Kier alpha value is -4.84. The summed E-state index contributed by atoms with van der Waals surface area (Å²) in [6, 6.07) is 19.5. The molecule has 9 heteroatoms. The van der Waals surface area contributed by atoms with Crippen molar-refractivity contribution in [1.82, 2.24) is 10.6 Å². The average Bonchev–Trinajstić information content (AvgIpc) is 3.02. The normalized spacial score (nSPS) is 11.9. The minimum Gasteiger partial charge on any atom is -0.489 e. The van der Waals surface area contributed by atoms with Gasteiger partial charge >= 0.3 is 6.09 Å². The molecule has 0 saturated heterocycles. The molecule has 3 amide bonds. The van der Waals surface area contributed by atoms with Crippen LogP contribution in [0.3, 0.4) is 0 Å². The molecule has 8 nitrogen and oxygen atoms in total. The highest BCUT2D eigenvalue weighted by atomic mass is 19.1. The number of carbonyl (C=O) groups is 3. The molecule has 0 fully saturated rings. The first-order valence-corrected chi connectivity index (χ1v) is 13.8. The lowest BCUT2D eigenvalue weighted by Crippen LogP contribution is -2.52. The van der Waals surface area contributed by atoms with Crippen LogP contribution in [0.2, 0.25) is 0 Å². The number of rotatable bonds is 14. The van der Waals surface area contributed by atoms with E-state index in [4.69, 9.17) is 15.9 Å². The van der Waals surface area contributed by atoms with Gasteiger partial charge in [0.1, 0.15) is 37.7 Å². The second-order valence-electron chi connectivity index (χ2n) is 9.59. The van der Waals surface area contributed by atoms with Crippen molar-refractivity contribution in [3.05, 3.63) is 95.1 Å². The van der Waals surface area contributed by atoms with Crippen molar-refractivity contribution in [3.63, 3.8) is 0 Å². The number of hydrogen-bond donors (Lipinski definition) is 3. The summed E-state index contributed by atoms with van der Waals surface area (Å²) in [6.45, 7) is 3.25. The summed E-state index contributed by atoms with van der Waals surface area (Å²) in [5, 5.41) is 8.15. The Balaban J connectivity index is 1.53. The quantitative estimate of drug-likeness (QED) is 0.216. The highest BCUT2D eigenvalue weighted by Crippen LogP contribution is 2.23. The molecule has 3 N–H and O–H groups in total. The molecule has 42 heavy (non-hydrogen) atoms. The molecule has 3 aromatic carbocycles. The number of alkyl halides is 1. The molecule has 0 aromatic heterocycles. The maximum Gasteiger partial charge on any atom is 0.408 e. The highest BCUT2D eigenvalue weighted by Gasteiger charge is 2.26. The van der Waals surface area contributed by atoms with Gasteiger partial charge in [-0.2, -0.15) is 0 Å². The fourth-order valence-electron chi connectivity index (χ4n) is 4.08. The molecule has 0 heterocycles. The van der Waals surface area contributed by atoms with E-state index in [2.05, 4.69) is 21.9 Å². The van der Waals surface area contributed by atoms with Crippen molar-refractivity contribution in [2.75, 3.05) is 5.32 Å². The lowest BCUT2D eigenvalue weighted by molar-refractivity contribution is -0.128. The van der Waals surface area contributed by atoms with Crippen molar-refractivity contribution in [1.29, 1.82) is 0 Å². The number of anilines is 1. The van der Waals surface area contributed by atoms with Crippen LogP contribution >= 0.6 is 0 Å². The SMILES string of the molecule is C#Cc1ccc(OCc2ccc(NC(=O)[C@H](CCC)NC(=O)C(CC)NC(=O)OCc3ccccc3)cc2)c(CF)c1. The summed E-state index contributed by atoms with van der Waals surface area (Å²) in [6.07, 6.45) is 6.04. The second-order valence-corrected chi connectivity index (χ2v) is 9.59. The first-order chi connectivity index (χ1) is 20.4. The minimum absolute atomic E-state index is 0.0781. The predicted octanol–water partition coefficient (Wildman–Crippen LogP) is 5.64. The third-order valence-electron chi connectivity index (χ3n) is 6.43. The minimum atomic E-state index is -0.861. The van der Waals surface area contributed by atoms with E-state index in [1.165, 1.54) is 0 Å². The van der Waals surface area contributed by atoms with Crippen molar-refractivity contribution >= 4 is 23.6 Å². The Morgan fingerprint density at radius 2 is 1.60 bits per heavy atom. The Morgan fingerprint density at radius 3 is 2.24 bits per heavy atom. The second kappa shape index (κ2) is 16.4. The summed E-state index contributed by atoms with van der Waals surface area (Å²) in [5.74, 6) is 2.04. The zero-order valence-electron chi connectivity index (χ0n) is 23.8. The molecule has 0 aliphatic rings. The number of halogens is 1. The predicted molar refractivity (Wildman–Crippen MR) is 159 cm³/mol. The van der Waals surface area contributed by atoms with E-state index in [-0.39, 0.29) is 19.1 Å². The Bertz CT molecular complexity index is 1370. The van der Waals surface area contributed by atoms with Crippen LogP contribution in [-0.4, -0.2) is 30.0 Å². The number of alkyl carbamates (subject to hydrolysis) is 1. The molecule has 0 aliphatic carbocycles. The van der Waals surface area contributed by atoms with Gasteiger partial charge in [-0.1, -0.05) is 68.7 Å². The number of carbonyl (C=O) groups excluding carboxylic acids is 3. The van der Waals surface area contributed by atoms with E-state index in [9.17, 15) is 18.8 Å². The first kappa shape index (κ1) is 31.7. The van der Waals surface area contributed by atoms with Gasteiger partial charge in [0.2, 0.25) is 11.8 Å². The summed E-state index contributed by atoms with van der Waals surface area (Å²) in [5.41, 5.74) is 3.13. The average molecular weight is 574 g/mol. The molecule has 1 unspecified atom stereocenters. The lowest BCUT2D eigenvalue weighted by atomic mass is 10.1. The number of ether oxygens (including phenoxy) is 2. The summed E-state index contributed by atoms with van der Waals surface area (Å²) in [4.78, 5) is 38.2. The van der Waals surface area contributed by atoms with Crippen LogP contribution < -0.4 is 20.7 Å². The molecule has 0 aliphatic heterocycles. The van der Waals surface area contributed by atoms with Crippen LogP contribution in [0.15, 0.2) is 72.8 Å². The Morgan fingerprint density at radius 1 is 0.881 bits per heavy atom. The molecule has 220 valence electrons. The van der Waals surface area contributed by atoms with Gasteiger partial charge in [-0.15, -0.1) is 6.42 Å². The topological polar surface area (TPSA) is 106 Å². The van der Waals surface area contributed by atoms with Gasteiger partial charge in [0.05, 0.1) is 0 Å². The van der Waals surface area contributed by atoms with Gasteiger partial charge in [-0.05, 0) is 54.3 Å². The zero-order valence-corrected chi connectivity index (χ0v) is 23.8. The molecular weight excluding hydrogens is 537 g/mol. The summed E-state index contributed by atoms with van der Waals surface area (Å²) >= 11 is 0. The monoisotopic (exact) mass is 573 g/mol. The number of hydrogen-bond acceptors (Lipinski definition) is 5. The molecule has 0 bridgehead atoms. The van der Waals surface area contributed by atoms with E-state index in [0.717, 1.165) is 11.1 Å². The van der Waals surface area contributed by atoms with E-state index in [0.29, 0.717) is 41.8 Å². The molecule has 0 radical (unpaired) electrons. The number of amides is 3.